The molecule has 0 aliphatic carbocycles. The van der Waals surface area contributed by atoms with Crippen LogP contribution in [0, 0.1) is 0 Å². The number of nitrogens with one attached hydrogen (secondary N) is 1. The lowest BCUT2D eigenvalue weighted by atomic mass is 9.99. The van der Waals surface area contributed by atoms with Crippen molar-refractivity contribution in [3.05, 3.63) is 47.5 Å². The van der Waals surface area contributed by atoms with E-state index in [0.29, 0.717) is 0 Å². The zero-order valence-corrected chi connectivity index (χ0v) is 9.52. The number of hydrogen-bond acceptors (Lipinski definition) is 3. The highest BCUT2D eigenvalue weighted by molar-refractivity contribution is 5.40. The van der Waals surface area contributed by atoms with E-state index in [1.165, 1.54) is 5.56 Å². The van der Waals surface area contributed by atoms with Crippen molar-refractivity contribution in [2.75, 3.05) is 6.61 Å². The smallest absolute Gasteiger partial charge is 0.127 e. The zero-order chi connectivity index (χ0) is 11.7. The van der Waals surface area contributed by atoms with Gasteiger partial charge in [-0.2, -0.15) is 0 Å². The summed E-state index contributed by atoms with van der Waals surface area (Å²) in [5.41, 5.74) is 8.48. The average Bonchev–Trinajstić information content (AvgIpc) is 2.91. The lowest BCUT2D eigenvalue weighted by Gasteiger charge is -2.19. The molecule has 88 valence electrons. The Balaban J connectivity index is 1.93. The minimum Gasteiger partial charge on any atom is -0.493 e. The third-order valence-corrected chi connectivity index (χ3v) is 3.11. The van der Waals surface area contributed by atoms with Crippen LogP contribution in [0.25, 0.3) is 0 Å². The van der Waals surface area contributed by atoms with Gasteiger partial charge in [-0.15, -0.1) is 0 Å². The first-order chi connectivity index (χ1) is 8.34. The Morgan fingerprint density at radius 1 is 1.41 bits per heavy atom. The largest absolute Gasteiger partial charge is 0.493 e. The minimum absolute atomic E-state index is 0.197. The number of benzene rings is 1. The summed E-state index contributed by atoms with van der Waals surface area (Å²) in [6.45, 7) is 0.816. The van der Waals surface area contributed by atoms with Gasteiger partial charge in [-0.25, -0.2) is 4.98 Å². The normalized spacial score (nSPS) is 16.1. The molecule has 0 bridgehead atoms. The van der Waals surface area contributed by atoms with Gasteiger partial charge in [-0.1, -0.05) is 12.1 Å². The van der Waals surface area contributed by atoms with Crippen molar-refractivity contribution >= 4 is 0 Å². The monoisotopic (exact) mass is 229 g/mol. The predicted octanol–water partition coefficient (Wildman–Crippen LogP) is 1.78. The lowest BCUT2D eigenvalue weighted by Crippen LogP contribution is -2.15. The van der Waals surface area contributed by atoms with Gasteiger partial charge in [0.25, 0.3) is 0 Å². The van der Waals surface area contributed by atoms with Crippen molar-refractivity contribution in [3.8, 4) is 5.75 Å². The number of hydrogen-bond donors (Lipinski definition) is 2. The predicted molar refractivity (Wildman–Crippen MR) is 64.9 cm³/mol. The van der Waals surface area contributed by atoms with E-state index in [0.717, 1.165) is 36.6 Å². The van der Waals surface area contributed by atoms with Crippen molar-refractivity contribution in [2.24, 2.45) is 5.73 Å². The molecule has 0 saturated carbocycles. The minimum atomic E-state index is -0.197. The molecule has 1 aromatic heterocycles. The molecule has 3 rings (SSSR count). The lowest BCUT2D eigenvalue weighted by molar-refractivity contribution is 0.288. The maximum Gasteiger partial charge on any atom is 0.127 e. The summed E-state index contributed by atoms with van der Waals surface area (Å²) in [7, 11) is 0. The molecule has 4 nitrogen and oxygen atoms in total. The van der Waals surface area contributed by atoms with Crippen LogP contribution < -0.4 is 10.5 Å². The molecule has 4 heteroatoms. The first kappa shape index (κ1) is 10.4. The number of ether oxygens (including phenoxy) is 1. The average molecular weight is 229 g/mol. The van der Waals surface area contributed by atoms with Crippen molar-refractivity contribution in [2.45, 2.75) is 18.9 Å². The maximum absolute atomic E-state index is 6.16. The van der Waals surface area contributed by atoms with Crippen LogP contribution >= 0.6 is 0 Å². The quantitative estimate of drug-likeness (QED) is 0.825. The van der Waals surface area contributed by atoms with Crippen molar-refractivity contribution in [3.63, 3.8) is 0 Å². The summed E-state index contributed by atoms with van der Waals surface area (Å²) in [5.74, 6) is 1.79. The number of aromatic amines is 1. The van der Waals surface area contributed by atoms with E-state index in [-0.39, 0.29) is 6.04 Å². The number of nitrogens with zero attached hydrogens (tertiary/aromatic N) is 1. The van der Waals surface area contributed by atoms with Gasteiger partial charge in [-0.05, 0) is 30.0 Å². The summed E-state index contributed by atoms with van der Waals surface area (Å²) < 4.78 is 5.58. The molecular formula is C13H15N3O. The van der Waals surface area contributed by atoms with Gasteiger partial charge >= 0.3 is 0 Å². The summed E-state index contributed by atoms with van der Waals surface area (Å²) in [6.07, 6.45) is 5.65. The molecule has 1 unspecified atom stereocenters. The van der Waals surface area contributed by atoms with Gasteiger partial charge in [0.05, 0.1) is 12.6 Å². The summed E-state index contributed by atoms with van der Waals surface area (Å²) in [5, 5.41) is 0. The van der Waals surface area contributed by atoms with Crippen molar-refractivity contribution < 1.29 is 4.74 Å². The van der Waals surface area contributed by atoms with Crippen LogP contribution in [0.1, 0.15) is 29.4 Å². The number of aryl methyl sites for hydroxylation is 1. The first-order valence-electron chi connectivity index (χ1n) is 5.85. The van der Waals surface area contributed by atoms with Crippen LogP contribution in [0.15, 0.2) is 30.6 Å². The molecule has 1 aromatic carbocycles. The van der Waals surface area contributed by atoms with E-state index in [1.807, 2.05) is 12.1 Å². The summed E-state index contributed by atoms with van der Waals surface area (Å²) >= 11 is 0. The highest BCUT2D eigenvalue weighted by Crippen LogP contribution is 2.28. The number of rotatable bonds is 2. The molecule has 0 amide bonds. The Bertz CT molecular complexity index is 507. The molecule has 0 saturated heterocycles. The van der Waals surface area contributed by atoms with Crippen LogP contribution in [0.5, 0.6) is 5.75 Å². The third kappa shape index (κ3) is 1.91. The number of imidazole rings is 1. The third-order valence-electron chi connectivity index (χ3n) is 3.11. The molecule has 2 heterocycles. The van der Waals surface area contributed by atoms with Gasteiger partial charge in [0.2, 0.25) is 0 Å². The van der Waals surface area contributed by atoms with E-state index in [9.17, 15) is 0 Å². The molecule has 0 fully saturated rings. The second-order valence-electron chi connectivity index (χ2n) is 4.27. The van der Waals surface area contributed by atoms with Crippen LogP contribution in [-0.4, -0.2) is 16.6 Å². The Morgan fingerprint density at radius 2 is 2.35 bits per heavy atom. The van der Waals surface area contributed by atoms with Gasteiger partial charge < -0.3 is 15.5 Å². The number of aromatic nitrogens is 2. The highest BCUT2D eigenvalue weighted by Gasteiger charge is 2.15. The molecular weight excluding hydrogens is 214 g/mol. The van der Waals surface area contributed by atoms with E-state index in [2.05, 4.69) is 16.0 Å². The second-order valence-corrected chi connectivity index (χ2v) is 4.27. The Hall–Kier alpha value is -1.81. The van der Waals surface area contributed by atoms with Gasteiger partial charge in [-0.3, -0.25) is 0 Å². The van der Waals surface area contributed by atoms with Crippen molar-refractivity contribution in [1.82, 2.24) is 9.97 Å². The van der Waals surface area contributed by atoms with Crippen LogP contribution in [0.2, 0.25) is 0 Å². The number of nitrogens with two attached hydrogens (primary N) is 1. The van der Waals surface area contributed by atoms with Gasteiger partial charge in [0.1, 0.15) is 11.6 Å². The molecule has 1 aliphatic rings. The fourth-order valence-electron chi connectivity index (χ4n) is 2.18. The van der Waals surface area contributed by atoms with E-state index in [4.69, 9.17) is 10.5 Å². The second kappa shape index (κ2) is 4.22. The van der Waals surface area contributed by atoms with E-state index < -0.39 is 0 Å². The SMILES string of the molecule is NC(c1ccc2c(c1)CCCO2)c1ncc[nH]1. The molecule has 0 radical (unpaired) electrons. The fraction of sp³-hybridized carbons (Fsp3) is 0.308. The highest BCUT2D eigenvalue weighted by atomic mass is 16.5. The van der Waals surface area contributed by atoms with E-state index in [1.54, 1.807) is 12.4 Å². The summed E-state index contributed by atoms with van der Waals surface area (Å²) in [4.78, 5) is 7.24. The maximum atomic E-state index is 6.16. The first-order valence-corrected chi connectivity index (χ1v) is 5.85. The zero-order valence-electron chi connectivity index (χ0n) is 9.52. The topological polar surface area (TPSA) is 63.9 Å². The van der Waals surface area contributed by atoms with E-state index >= 15 is 0 Å². The van der Waals surface area contributed by atoms with Gasteiger partial charge in [0, 0.05) is 12.4 Å². The molecule has 2 aromatic rings. The molecule has 1 atom stereocenters. The Labute approximate surface area is 99.8 Å². The molecule has 17 heavy (non-hydrogen) atoms. The number of H-pyrrole nitrogens is 1. The number of fused-ring (bicyclic) bond motifs is 1. The van der Waals surface area contributed by atoms with Crippen molar-refractivity contribution in [1.29, 1.82) is 0 Å². The Kier molecular flexibility index (Phi) is 2.57. The summed E-state index contributed by atoms with van der Waals surface area (Å²) in [6, 6.07) is 5.95. The van der Waals surface area contributed by atoms with Gasteiger partial charge in [0.15, 0.2) is 0 Å². The standard InChI is InChI=1S/C13H15N3O/c14-12(13-15-5-6-16-13)10-3-4-11-9(8-10)2-1-7-17-11/h3-6,8,12H,1-2,7,14H2,(H,15,16). The van der Waals surface area contributed by atoms with Crippen LogP contribution in [0.3, 0.4) is 0 Å². The fourth-order valence-corrected chi connectivity index (χ4v) is 2.18. The Morgan fingerprint density at radius 3 is 3.18 bits per heavy atom. The molecule has 0 spiro atoms. The van der Waals surface area contributed by atoms with Crippen LogP contribution in [0.4, 0.5) is 0 Å². The van der Waals surface area contributed by atoms with Crippen LogP contribution in [-0.2, 0) is 6.42 Å². The molecule has 3 N–H and O–H groups in total. The molecule has 1 aliphatic heterocycles.